The molecule has 0 aliphatic carbocycles. The number of carbonyl (C=O) groups excluding carboxylic acids is 1. The Balaban J connectivity index is 1.94. The van der Waals surface area contributed by atoms with E-state index in [0.717, 1.165) is 23.5 Å². The van der Waals surface area contributed by atoms with Crippen LogP contribution in [-0.4, -0.2) is 32.5 Å². The Bertz CT molecular complexity index is 952. The number of hydrogen-bond acceptors (Lipinski definition) is 4. The molecule has 0 saturated heterocycles. The van der Waals surface area contributed by atoms with Crippen molar-refractivity contribution in [1.82, 2.24) is 20.1 Å². The highest BCUT2D eigenvalue weighted by molar-refractivity contribution is 7.99. The standard InChI is InChI=1S/C22H26N4OS/c1-5-17(4)23-20(27)14-28-22-25-24-21(18-12-11-15(2)16(3)13-18)26(22)19-9-7-6-8-10-19/h6-13,17H,5,14H2,1-4H3,(H,23,27)/t17-/m0/s1. The van der Waals surface area contributed by atoms with Crippen molar-refractivity contribution in [3.63, 3.8) is 0 Å². The van der Waals surface area contributed by atoms with Gasteiger partial charge in [0.15, 0.2) is 11.0 Å². The Labute approximate surface area is 170 Å². The van der Waals surface area contributed by atoms with E-state index in [0.29, 0.717) is 10.9 Å². The Morgan fingerprint density at radius 1 is 1.11 bits per heavy atom. The van der Waals surface area contributed by atoms with Crippen molar-refractivity contribution in [3.05, 3.63) is 59.7 Å². The average molecular weight is 395 g/mol. The molecule has 0 radical (unpaired) electrons. The predicted molar refractivity (Wildman–Crippen MR) is 115 cm³/mol. The maximum atomic E-state index is 12.2. The van der Waals surface area contributed by atoms with Gasteiger partial charge in [0.1, 0.15) is 0 Å². The summed E-state index contributed by atoms with van der Waals surface area (Å²) in [4.78, 5) is 12.2. The highest BCUT2D eigenvalue weighted by Gasteiger charge is 2.18. The van der Waals surface area contributed by atoms with Crippen LogP contribution in [0.2, 0.25) is 0 Å². The molecule has 0 unspecified atom stereocenters. The summed E-state index contributed by atoms with van der Waals surface area (Å²) in [6.07, 6.45) is 0.910. The summed E-state index contributed by atoms with van der Waals surface area (Å²) < 4.78 is 2.02. The number of nitrogens with zero attached hydrogens (tertiary/aromatic N) is 3. The minimum Gasteiger partial charge on any atom is -0.353 e. The zero-order chi connectivity index (χ0) is 20.1. The van der Waals surface area contributed by atoms with Gasteiger partial charge in [0.05, 0.1) is 5.75 Å². The molecule has 3 rings (SSSR count). The van der Waals surface area contributed by atoms with Crippen LogP contribution in [0, 0.1) is 13.8 Å². The molecule has 0 spiro atoms. The van der Waals surface area contributed by atoms with E-state index < -0.39 is 0 Å². The van der Waals surface area contributed by atoms with Crippen molar-refractivity contribution in [1.29, 1.82) is 0 Å². The number of para-hydroxylation sites is 1. The first-order valence-corrected chi connectivity index (χ1v) is 10.5. The summed E-state index contributed by atoms with van der Waals surface area (Å²) in [5.74, 6) is 1.09. The number of carbonyl (C=O) groups is 1. The van der Waals surface area contributed by atoms with Gasteiger partial charge in [-0.3, -0.25) is 9.36 Å². The number of nitrogens with one attached hydrogen (secondary N) is 1. The fourth-order valence-electron chi connectivity index (χ4n) is 2.79. The molecular weight excluding hydrogens is 368 g/mol. The minimum atomic E-state index is 0.00897. The van der Waals surface area contributed by atoms with Gasteiger partial charge >= 0.3 is 0 Å². The number of rotatable bonds is 7. The lowest BCUT2D eigenvalue weighted by molar-refractivity contribution is -0.119. The van der Waals surface area contributed by atoms with Gasteiger partial charge in [0.25, 0.3) is 0 Å². The molecule has 0 aliphatic rings. The van der Waals surface area contributed by atoms with Crippen molar-refractivity contribution in [3.8, 4) is 17.1 Å². The summed E-state index contributed by atoms with van der Waals surface area (Å²) in [7, 11) is 0. The number of hydrogen-bond donors (Lipinski definition) is 1. The number of aromatic nitrogens is 3. The lowest BCUT2D eigenvalue weighted by Gasteiger charge is -2.12. The van der Waals surface area contributed by atoms with Crippen molar-refractivity contribution < 1.29 is 4.79 Å². The van der Waals surface area contributed by atoms with Crippen LogP contribution in [0.15, 0.2) is 53.7 Å². The smallest absolute Gasteiger partial charge is 0.230 e. The molecule has 0 fully saturated rings. The van der Waals surface area contributed by atoms with Gasteiger partial charge in [-0.2, -0.15) is 0 Å². The third-order valence-corrected chi connectivity index (χ3v) is 5.69. The maximum Gasteiger partial charge on any atom is 0.230 e. The van der Waals surface area contributed by atoms with Gasteiger partial charge in [-0.15, -0.1) is 10.2 Å². The Morgan fingerprint density at radius 3 is 2.54 bits per heavy atom. The highest BCUT2D eigenvalue weighted by atomic mass is 32.2. The SMILES string of the molecule is CC[C@H](C)NC(=O)CSc1nnc(-c2ccc(C)c(C)c2)n1-c1ccccc1. The van der Waals surface area contributed by atoms with Crippen LogP contribution >= 0.6 is 11.8 Å². The van der Waals surface area contributed by atoms with Gasteiger partial charge < -0.3 is 5.32 Å². The molecule has 1 heterocycles. The fraction of sp³-hybridized carbons (Fsp3) is 0.318. The van der Waals surface area contributed by atoms with Crippen molar-refractivity contribution in [2.24, 2.45) is 0 Å². The van der Waals surface area contributed by atoms with Gasteiger partial charge in [-0.05, 0) is 56.5 Å². The van der Waals surface area contributed by atoms with Gasteiger partial charge in [-0.1, -0.05) is 49.0 Å². The monoisotopic (exact) mass is 394 g/mol. The summed E-state index contributed by atoms with van der Waals surface area (Å²) >= 11 is 1.40. The van der Waals surface area contributed by atoms with E-state index in [4.69, 9.17) is 0 Å². The summed E-state index contributed by atoms with van der Waals surface area (Å²) in [5.41, 5.74) is 4.44. The fourth-order valence-corrected chi connectivity index (χ4v) is 3.55. The molecule has 5 nitrogen and oxygen atoms in total. The zero-order valence-electron chi connectivity index (χ0n) is 16.8. The van der Waals surface area contributed by atoms with Crippen LogP contribution in [0.5, 0.6) is 0 Å². The van der Waals surface area contributed by atoms with E-state index >= 15 is 0 Å². The van der Waals surface area contributed by atoms with E-state index in [9.17, 15) is 4.79 Å². The molecule has 1 N–H and O–H groups in total. The van der Waals surface area contributed by atoms with E-state index in [1.54, 1.807) is 0 Å². The second kappa shape index (κ2) is 9.06. The van der Waals surface area contributed by atoms with E-state index in [1.165, 1.54) is 22.9 Å². The first-order valence-electron chi connectivity index (χ1n) is 9.50. The summed E-state index contributed by atoms with van der Waals surface area (Å²) in [6.45, 7) is 8.25. The number of thioether (sulfide) groups is 1. The lowest BCUT2D eigenvalue weighted by atomic mass is 10.1. The summed E-state index contributed by atoms with van der Waals surface area (Å²) in [5, 5.41) is 12.5. The maximum absolute atomic E-state index is 12.2. The van der Waals surface area contributed by atoms with E-state index in [1.807, 2.05) is 41.8 Å². The third kappa shape index (κ3) is 4.62. The van der Waals surface area contributed by atoms with Crippen molar-refractivity contribution in [2.45, 2.75) is 45.3 Å². The minimum absolute atomic E-state index is 0.00897. The van der Waals surface area contributed by atoms with Crippen LogP contribution in [0.1, 0.15) is 31.4 Å². The van der Waals surface area contributed by atoms with Crippen LogP contribution in [0.3, 0.4) is 0 Å². The number of aryl methyl sites for hydroxylation is 2. The number of benzene rings is 2. The second-order valence-electron chi connectivity index (χ2n) is 6.94. The number of amides is 1. The van der Waals surface area contributed by atoms with E-state index in [-0.39, 0.29) is 11.9 Å². The van der Waals surface area contributed by atoms with Crippen LogP contribution in [0.25, 0.3) is 17.1 Å². The molecule has 3 aromatic rings. The molecule has 6 heteroatoms. The van der Waals surface area contributed by atoms with Gasteiger partial charge in [-0.25, -0.2) is 0 Å². The lowest BCUT2D eigenvalue weighted by Crippen LogP contribution is -2.33. The van der Waals surface area contributed by atoms with Gasteiger partial charge in [0, 0.05) is 17.3 Å². The van der Waals surface area contributed by atoms with Crippen LogP contribution in [-0.2, 0) is 4.79 Å². The molecule has 28 heavy (non-hydrogen) atoms. The largest absolute Gasteiger partial charge is 0.353 e. The molecule has 0 aliphatic heterocycles. The normalized spacial score (nSPS) is 12.0. The zero-order valence-corrected chi connectivity index (χ0v) is 17.6. The second-order valence-corrected chi connectivity index (χ2v) is 7.88. The average Bonchev–Trinajstić information content (AvgIpc) is 3.13. The molecule has 1 aromatic heterocycles. The molecule has 0 bridgehead atoms. The highest BCUT2D eigenvalue weighted by Crippen LogP contribution is 2.28. The molecule has 1 amide bonds. The quantitative estimate of drug-likeness (QED) is 0.597. The predicted octanol–water partition coefficient (Wildman–Crippen LogP) is 4.56. The van der Waals surface area contributed by atoms with Gasteiger partial charge in [0.2, 0.25) is 5.91 Å². The Morgan fingerprint density at radius 2 is 1.86 bits per heavy atom. The molecule has 2 aromatic carbocycles. The van der Waals surface area contributed by atoms with Crippen molar-refractivity contribution >= 4 is 17.7 Å². The third-order valence-electron chi connectivity index (χ3n) is 4.76. The molecule has 0 saturated carbocycles. The molecular formula is C22H26N4OS. The molecule has 146 valence electrons. The first-order chi connectivity index (χ1) is 13.5. The Kier molecular flexibility index (Phi) is 6.52. The first kappa shape index (κ1) is 20.1. The summed E-state index contributed by atoms with van der Waals surface area (Å²) in [6, 6.07) is 16.5. The molecule has 1 atom stereocenters. The van der Waals surface area contributed by atoms with E-state index in [2.05, 4.69) is 54.5 Å². The van der Waals surface area contributed by atoms with Crippen molar-refractivity contribution in [2.75, 3.05) is 5.75 Å². The van der Waals surface area contributed by atoms with Crippen LogP contribution in [0.4, 0.5) is 0 Å². The van der Waals surface area contributed by atoms with Crippen LogP contribution < -0.4 is 5.32 Å². The topological polar surface area (TPSA) is 59.8 Å². The Hall–Kier alpha value is -2.60.